The first kappa shape index (κ1) is 7.99. The summed E-state index contributed by atoms with van der Waals surface area (Å²) in [5, 5.41) is 10.8. The standard InChI is InChI=1S/C6H9NO2/c1-3-6(9)7-5(2)4-8/h1,5,8H,4H2,2H3,(H,7,9)/t5-/m1/s1. The van der Waals surface area contributed by atoms with Crippen molar-refractivity contribution in [1.82, 2.24) is 5.32 Å². The molecule has 0 unspecified atom stereocenters. The van der Waals surface area contributed by atoms with Crippen LogP contribution in [0.25, 0.3) is 0 Å². The van der Waals surface area contributed by atoms with Gasteiger partial charge in [-0.1, -0.05) is 0 Å². The van der Waals surface area contributed by atoms with E-state index in [0.717, 1.165) is 0 Å². The van der Waals surface area contributed by atoms with Crippen LogP contribution in [0, 0.1) is 12.3 Å². The number of hydrogen-bond donors (Lipinski definition) is 2. The first-order chi connectivity index (χ1) is 4.20. The zero-order valence-corrected chi connectivity index (χ0v) is 5.22. The summed E-state index contributed by atoms with van der Waals surface area (Å²) >= 11 is 0. The maximum Gasteiger partial charge on any atom is 0.295 e. The quantitative estimate of drug-likeness (QED) is 0.473. The second-order valence-electron chi connectivity index (χ2n) is 1.70. The van der Waals surface area contributed by atoms with Gasteiger partial charge in [0.2, 0.25) is 0 Å². The lowest BCUT2D eigenvalue weighted by atomic mass is 10.3. The molecule has 0 fully saturated rings. The number of aliphatic hydroxyl groups excluding tert-OH is 1. The zero-order chi connectivity index (χ0) is 7.28. The molecule has 3 heteroatoms. The number of amides is 1. The lowest BCUT2D eigenvalue weighted by Gasteiger charge is -2.05. The third kappa shape index (κ3) is 3.56. The fourth-order valence-corrected chi connectivity index (χ4v) is 0.311. The highest BCUT2D eigenvalue weighted by atomic mass is 16.3. The SMILES string of the molecule is C#CC(=O)N[C@H](C)CO. The smallest absolute Gasteiger partial charge is 0.295 e. The lowest BCUT2D eigenvalue weighted by Crippen LogP contribution is -2.33. The Labute approximate surface area is 54.1 Å². The molecule has 0 radical (unpaired) electrons. The van der Waals surface area contributed by atoms with Crippen LogP contribution >= 0.6 is 0 Å². The van der Waals surface area contributed by atoms with Gasteiger partial charge in [0.1, 0.15) is 0 Å². The first-order valence-corrected chi connectivity index (χ1v) is 2.58. The number of carbonyl (C=O) groups is 1. The summed E-state index contributed by atoms with van der Waals surface area (Å²) in [6.45, 7) is 1.57. The Morgan fingerprint density at radius 2 is 2.56 bits per heavy atom. The summed E-state index contributed by atoms with van der Waals surface area (Å²) in [5.74, 6) is 1.38. The highest BCUT2D eigenvalue weighted by Crippen LogP contribution is 1.75. The van der Waals surface area contributed by atoms with Crippen LogP contribution < -0.4 is 5.32 Å². The van der Waals surface area contributed by atoms with E-state index in [0.29, 0.717) is 0 Å². The Hall–Kier alpha value is -1.01. The minimum atomic E-state index is -0.489. The molecule has 50 valence electrons. The summed E-state index contributed by atoms with van der Waals surface area (Å²) in [6, 6.07) is -0.256. The molecule has 1 atom stereocenters. The molecule has 0 rings (SSSR count). The summed E-state index contributed by atoms with van der Waals surface area (Å²) < 4.78 is 0. The topological polar surface area (TPSA) is 49.3 Å². The fourth-order valence-electron chi connectivity index (χ4n) is 0.311. The highest BCUT2D eigenvalue weighted by molar-refractivity contribution is 5.92. The predicted octanol–water partition coefficient (Wildman–Crippen LogP) is -0.883. The molecule has 0 aromatic heterocycles. The maximum atomic E-state index is 10.3. The molecule has 3 nitrogen and oxygen atoms in total. The molecule has 2 N–H and O–H groups in total. The Morgan fingerprint density at radius 1 is 2.00 bits per heavy atom. The van der Waals surface area contributed by atoms with Gasteiger partial charge in [-0.15, -0.1) is 6.42 Å². The maximum absolute atomic E-state index is 10.3. The third-order valence-corrected chi connectivity index (χ3v) is 0.782. The van der Waals surface area contributed by atoms with E-state index in [1.54, 1.807) is 6.92 Å². The highest BCUT2D eigenvalue weighted by Gasteiger charge is 2.00. The van der Waals surface area contributed by atoms with E-state index >= 15 is 0 Å². The van der Waals surface area contributed by atoms with E-state index < -0.39 is 5.91 Å². The van der Waals surface area contributed by atoms with Crippen molar-refractivity contribution in [1.29, 1.82) is 0 Å². The van der Waals surface area contributed by atoms with Crippen molar-refractivity contribution in [2.75, 3.05) is 6.61 Å². The number of terminal acetylenes is 1. The van der Waals surface area contributed by atoms with Gasteiger partial charge in [-0.05, 0) is 12.8 Å². The van der Waals surface area contributed by atoms with Crippen LogP contribution in [0.4, 0.5) is 0 Å². The van der Waals surface area contributed by atoms with Crippen molar-refractivity contribution >= 4 is 5.91 Å². The molecule has 0 aliphatic carbocycles. The number of carbonyl (C=O) groups excluding carboxylic acids is 1. The lowest BCUT2D eigenvalue weighted by molar-refractivity contribution is -0.116. The Balaban J connectivity index is 3.50. The molecule has 9 heavy (non-hydrogen) atoms. The van der Waals surface area contributed by atoms with E-state index in [2.05, 4.69) is 5.32 Å². The van der Waals surface area contributed by atoms with Gasteiger partial charge < -0.3 is 10.4 Å². The molecule has 1 amide bonds. The van der Waals surface area contributed by atoms with Gasteiger partial charge in [0.15, 0.2) is 0 Å². The normalized spacial score (nSPS) is 11.7. The second-order valence-corrected chi connectivity index (χ2v) is 1.70. The molecule has 0 heterocycles. The predicted molar refractivity (Wildman–Crippen MR) is 33.5 cm³/mol. The number of hydrogen-bond acceptors (Lipinski definition) is 2. The van der Waals surface area contributed by atoms with Crippen LogP contribution in [-0.4, -0.2) is 23.7 Å². The molecule has 0 spiro atoms. The van der Waals surface area contributed by atoms with Crippen LogP contribution in [0.1, 0.15) is 6.92 Å². The van der Waals surface area contributed by atoms with E-state index in [9.17, 15) is 4.79 Å². The average molecular weight is 127 g/mol. The van der Waals surface area contributed by atoms with Crippen LogP contribution in [0.15, 0.2) is 0 Å². The van der Waals surface area contributed by atoms with Crippen molar-refractivity contribution in [2.45, 2.75) is 13.0 Å². The van der Waals surface area contributed by atoms with Gasteiger partial charge in [-0.25, -0.2) is 0 Å². The second kappa shape index (κ2) is 3.93. The van der Waals surface area contributed by atoms with Gasteiger partial charge in [-0.2, -0.15) is 0 Å². The number of nitrogens with one attached hydrogen (secondary N) is 1. The van der Waals surface area contributed by atoms with Gasteiger partial charge in [0.05, 0.1) is 12.6 Å². The molecule has 0 saturated heterocycles. The fraction of sp³-hybridized carbons (Fsp3) is 0.500. The van der Waals surface area contributed by atoms with E-state index in [4.69, 9.17) is 11.5 Å². The molecule has 0 bridgehead atoms. The summed E-state index contributed by atoms with van der Waals surface area (Å²) in [5.41, 5.74) is 0. The summed E-state index contributed by atoms with van der Waals surface area (Å²) in [7, 11) is 0. The van der Waals surface area contributed by atoms with E-state index in [1.165, 1.54) is 0 Å². The molecule has 0 aliphatic rings. The van der Waals surface area contributed by atoms with Crippen LogP contribution in [-0.2, 0) is 4.79 Å². The van der Waals surface area contributed by atoms with Crippen molar-refractivity contribution in [3.63, 3.8) is 0 Å². The van der Waals surface area contributed by atoms with Gasteiger partial charge >= 0.3 is 0 Å². The van der Waals surface area contributed by atoms with E-state index in [1.807, 2.05) is 5.92 Å². The molecule has 0 aliphatic heterocycles. The molecule has 0 aromatic carbocycles. The van der Waals surface area contributed by atoms with Crippen LogP contribution in [0.2, 0.25) is 0 Å². The van der Waals surface area contributed by atoms with Crippen molar-refractivity contribution in [2.24, 2.45) is 0 Å². The summed E-state index contributed by atoms with van der Waals surface area (Å²) in [4.78, 5) is 10.3. The van der Waals surface area contributed by atoms with Gasteiger partial charge in [-0.3, -0.25) is 4.79 Å². The average Bonchev–Trinajstić information content (AvgIpc) is 1.87. The van der Waals surface area contributed by atoms with E-state index in [-0.39, 0.29) is 12.6 Å². The minimum Gasteiger partial charge on any atom is -0.394 e. The van der Waals surface area contributed by atoms with Crippen molar-refractivity contribution in [3.8, 4) is 12.3 Å². The summed E-state index contributed by atoms with van der Waals surface area (Å²) in [6.07, 6.45) is 4.73. The van der Waals surface area contributed by atoms with Gasteiger partial charge in [0.25, 0.3) is 5.91 Å². The van der Waals surface area contributed by atoms with Crippen molar-refractivity contribution in [3.05, 3.63) is 0 Å². The number of aliphatic hydroxyl groups is 1. The molecular formula is C6H9NO2. The Kier molecular flexibility index (Phi) is 3.49. The molecule has 0 saturated carbocycles. The largest absolute Gasteiger partial charge is 0.394 e. The zero-order valence-electron chi connectivity index (χ0n) is 5.22. The van der Waals surface area contributed by atoms with Crippen molar-refractivity contribution < 1.29 is 9.90 Å². The van der Waals surface area contributed by atoms with Crippen LogP contribution in [0.5, 0.6) is 0 Å². The van der Waals surface area contributed by atoms with Gasteiger partial charge in [0, 0.05) is 0 Å². The Bertz CT molecular complexity index is 136. The molecular weight excluding hydrogens is 118 g/mol. The minimum absolute atomic E-state index is 0.0899. The molecule has 0 aromatic rings. The third-order valence-electron chi connectivity index (χ3n) is 0.782. The first-order valence-electron chi connectivity index (χ1n) is 2.58. The Morgan fingerprint density at radius 3 is 2.89 bits per heavy atom. The number of rotatable bonds is 2. The monoisotopic (exact) mass is 127 g/mol. The van der Waals surface area contributed by atoms with Crippen LogP contribution in [0.3, 0.4) is 0 Å².